The molecule has 0 spiro atoms. The molecule has 0 bridgehead atoms. The minimum atomic E-state index is -0.581. The number of methoxy groups -OCH3 is 1. The lowest BCUT2D eigenvalue weighted by Gasteiger charge is -2.29. The summed E-state index contributed by atoms with van der Waals surface area (Å²) in [6.45, 7) is 6.25. The molecule has 90 valence electrons. The Kier molecular flexibility index (Phi) is 4.16. The van der Waals surface area contributed by atoms with Gasteiger partial charge in [0, 0.05) is 12.4 Å². The van der Waals surface area contributed by atoms with E-state index in [4.69, 9.17) is 4.74 Å². The van der Waals surface area contributed by atoms with Gasteiger partial charge in [-0.15, -0.1) is 0 Å². The van der Waals surface area contributed by atoms with Crippen LogP contribution in [0.3, 0.4) is 0 Å². The lowest BCUT2D eigenvalue weighted by atomic mass is 9.91. The van der Waals surface area contributed by atoms with E-state index >= 15 is 0 Å². The fourth-order valence-corrected chi connectivity index (χ4v) is 1.79. The highest BCUT2D eigenvalue weighted by molar-refractivity contribution is 5.78. The van der Waals surface area contributed by atoms with Crippen LogP contribution in [0.2, 0.25) is 0 Å². The molecule has 3 heteroatoms. The maximum absolute atomic E-state index is 11.9. The largest absolute Gasteiger partial charge is 0.467 e. The van der Waals surface area contributed by atoms with Gasteiger partial charge in [-0.2, -0.15) is 0 Å². The van der Waals surface area contributed by atoms with Gasteiger partial charge in [-0.3, -0.25) is 0 Å². The van der Waals surface area contributed by atoms with Gasteiger partial charge in [0.1, 0.15) is 5.54 Å². The lowest BCUT2D eigenvalue weighted by molar-refractivity contribution is -0.151. The van der Waals surface area contributed by atoms with Crippen molar-refractivity contribution in [1.82, 2.24) is 4.57 Å². The maximum atomic E-state index is 11.9. The second kappa shape index (κ2) is 5.19. The first-order valence-electron chi connectivity index (χ1n) is 5.72. The molecule has 0 aliphatic rings. The third kappa shape index (κ3) is 2.65. The Balaban J connectivity index is 2.89. The molecule has 0 saturated heterocycles. The van der Waals surface area contributed by atoms with Gasteiger partial charge in [-0.05, 0) is 37.8 Å². The number of aromatic nitrogens is 1. The van der Waals surface area contributed by atoms with Crippen molar-refractivity contribution in [3.05, 3.63) is 24.5 Å². The molecule has 3 nitrogen and oxygen atoms in total. The number of hydrogen-bond acceptors (Lipinski definition) is 2. The van der Waals surface area contributed by atoms with E-state index in [0.29, 0.717) is 5.92 Å². The van der Waals surface area contributed by atoms with Crippen molar-refractivity contribution in [1.29, 1.82) is 0 Å². The molecule has 0 amide bonds. The Hall–Kier alpha value is -1.25. The van der Waals surface area contributed by atoms with Gasteiger partial charge >= 0.3 is 5.97 Å². The van der Waals surface area contributed by atoms with Crippen LogP contribution in [-0.4, -0.2) is 17.6 Å². The van der Waals surface area contributed by atoms with E-state index in [0.717, 1.165) is 12.8 Å². The zero-order valence-electron chi connectivity index (χ0n) is 10.6. The quantitative estimate of drug-likeness (QED) is 0.719. The van der Waals surface area contributed by atoms with Crippen LogP contribution in [0.25, 0.3) is 0 Å². The highest BCUT2D eigenvalue weighted by Crippen LogP contribution is 2.26. The van der Waals surface area contributed by atoms with Crippen LogP contribution >= 0.6 is 0 Å². The van der Waals surface area contributed by atoms with Crippen molar-refractivity contribution in [2.24, 2.45) is 5.92 Å². The summed E-state index contributed by atoms with van der Waals surface area (Å²) in [4.78, 5) is 11.9. The molecule has 1 heterocycles. The minimum Gasteiger partial charge on any atom is -0.467 e. The van der Waals surface area contributed by atoms with Gasteiger partial charge in [-0.25, -0.2) is 4.79 Å². The van der Waals surface area contributed by atoms with Gasteiger partial charge in [0.05, 0.1) is 7.11 Å². The molecule has 1 aromatic rings. The summed E-state index contributed by atoms with van der Waals surface area (Å²) in [7, 11) is 1.44. The smallest absolute Gasteiger partial charge is 0.331 e. The van der Waals surface area contributed by atoms with Crippen molar-refractivity contribution in [3.8, 4) is 0 Å². The van der Waals surface area contributed by atoms with Gasteiger partial charge in [-0.1, -0.05) is 13.8 Å². The lowest BCUT2D eigenvalue weighted by Crippen LogP contribution is -2.39. The van der Waals surface area contributed by atoms with Crippen LogP contribution in [0, 0.1) is 5.92 Å². The van der Waals surface area contributed by atoms with E-state index in [2.05, 4.69) is 13.8 Å². The monoisotopic (exact) mass is 223 g/mol. The van der Waals surface area contributed by atoms with Crippen molar-refractivity contribution >= 4 is 5.97 Å². The number of rotatable bonds is 5. The Morgan fingerprint density at radius 2 is 1.94 bits per heavy atom. The van der Waals surface area contributed by atoms with Gasteiger partial charge in [0.2, 0.25) is 0 Å². The number of esters is 1. The fraction of sp³-hybridized carbons (Fsp3) is 0.615. The van der Waals surface area contributed by atoms with Crippen LogP contribution in [0.1, 0.15) is 33.6 Å². The zero-order valence-corrected chi connectivity index (χ0v) is 10.6. The van der Waals surface area contributed by atoms with Crippen LogP contribution in [-0.2, 0) is 15.1 Å². The minimum absolute atomic E-state index is 0.177. The predicted molar refractivity (Wildman–Crippen MR) is 64.2 cm³/mol. The second-order valence-electron chi connectivity index (χ2n) is 4.79. The van der Waals surface area contributed by atoms with Crippen molar-refractivity contribution in [3.63, 3.8) is 0 Å². The standard InChI is InChI=1S/C13H21NO2/c1-11(2)7-8-13(3,12(15)16-4)14-9-5-6-10-14/h5-6,9-11H,7-8H2,1-4H3. The summed E-state index contributed by atoms with van der Waals surface area (Å²) in [6, 6.07) is 3.85. The van der Waals surface area contributed by atoms with E-state index in [1.165, 1.54) is 7.11 Å². The molecule has 0 aromatic carbocycles. The van der Waals surface area contributed by atoms with Crippen LogP contribution < -0.4 is 0 Å². The molecule has 1 rings (SSSR count). The molecular formula is C13H21NO2. The maximum Gasteiger partial charge on any atom is 0.331 e. The van der Waals surface area contributed by atoms with Gasteiger partial charge in [0.15, 0.2) is 0 Å². The predicted octanol–water partition coefficient (Wildman–Crippen LogP) is 2.81. The number of carbonyl (C=O) groups excluding carboxylic acids is 1. The number of ether oxygens (including phenoxy) is 1. The summed E-state index contributed by atoms with van der Waals surface area (Å²) in [5, 5.41) is 0. The molecule has 0 N–H and O–H groups in total. The molecule has 0 saturated carbocycles. The number of carbonyl (C=O) groups is 1. The Morgan fingerprint density at radius 1 is 1.38 bits per heavy atom. The van der Waals surface area contributed by atoms with Gasteiger partial charge in [0.25, 0.3) is 0 Å². The molecular weight excluding hydrogens is 202 g/mol. The second-order valence-corrected chi connectivity index (χ2v) is 4.79. The molecule has 0 radical (unpaired) electrons. The van der Waals surface area contributed by atoms with Crippen LogP contribution in [0.15, 0.2) is 24.5 Å². The summed E-state index contributed by atoms with van der Waals surface area (Å²) in [6.07, 6.45) is 5.63. The zero-order chi connectivity index (χ0) is 12.2. The van der Waals surface area contributed by atoms with Crippen molar-refractivity contribution in [2.45, 2.75) is 39.2 Å². The van der Waals surface area contributed by atoms with Crippen LogP contribution in [0.4, 0.5) is 0 Å². The fourth-order valence-electron chi connectivity index (χ4n) is 1.79. The summed E-state index contributed by atoms with van der Waals surface area (Å²) < 4.78 is 6.84. The third-order valence-corrected chi connectivity index (χ3v) is 3.01. The average molecular weight is 223 g/mol. The van der Waals surface area contributed by atoms with E-state index < -0.39 is 5.54 Å². The van der Waals surface area contributed by atoms with E-state index in [1.807, 2.05) is 36.0 Å². The molecule has 1 unspecified atom stereocenters. The normalized spacial score (nSPS) is 14.8. The van der Waals surface area contributed by atoms with Crippen LogP contribution in [0.5, 0.6) is 0 Å². The third-order valence-electron chi connectivity index (χ3n) is 3.01. The number of nitrogens with zero attached hydrogens (tertiary/aromatic N) is 1. The SMILES string of the molecule is COC(=O)C(C)(CCC(C)C)n1cccc1. The molecule has 0 aliphatic carbocycles. The first-order valence-corrected chi connectivity index (χ1v) is 5.72. The topological polar surface area (TPSA) is 31.2 Å². The van der Waals surface area contributed by atoms with E-state index in [-0.39, 0.29) is 5.97 Å². The average Bonchev–Trinajstić information content (AvgIpc) is 2.78. The molecule has 1 aromatic heterocycles. The first-order chi connectivity index (χ1) is 7.50. The Bertz CT molecular complexity index is 330. The van der Waals surface area contributed by atoms with E-state index in [9.17, 15) is 4.79 Å². The Morgan fingerprint density at radius 3 is 2.38 bits per heavy atom. The summed E-state index contributed by atoms with van der Waals surface area (Å²) >= 11 is 0. The van der Waals surface area contributed by atoms with Crippen molar-refractivity contribution in [2.75, 3.05) is 7.11 Å². The first kappa shape index (κ1) is 12.8. The molecule has 16 heavy (non-hydrogen) atoms. The highest BCUT2D eigenvalue weighted by Gasteiger charge is 2.35. The van der Waals surface area contributed by atoms with Crippen molar-refractivity contribution < 1.29 is 9.53 Å². The summed E-state index contributed by atoms with van der Waals surface area (Å²) in [5.74, 6) is 0.406. The molecule has 1 atom stereocenters. The van der Waals surface area contributed by atoms with Gasteiger partial charge < -0.3 is 9.30 Å². The van der Waals surface area contributed by atoms with E-state index in [1.54, 1.807) is 0 Å². The Labute approximate surface area is 97.4 Å². The highest BCUT2D eigenvalue weighted by atomic mass is 16.5. The summed E-state index contributed by atoms with van der Waals surface area (Å²) in [5.41, 5.74) is -0.581. The number of hydrogen-bond donors (Lipinski definition) is 0. The molecule has 0 fully saturated rings. The molecule has 0 aliphatic heterocycles.